The molecule has 3 rings (SSSR count). The van der Waals surface area contributed by atoms with E-state index in [2.05, 4.69) is 19.2 Å². The predicted molar refractivity (Wildman–Crippen MR) is 101 cm³/mol. The van der Waals surface area contributed by atoms with Crippen molar-refractivity contribution in [3.63, 3.8) is 0 Å². The standard InChI is InChI=1S/C20H23NO3S/c1-13(2)25-19-7-5-4-6-16(19)20(22)21-14(3)15-8-9-17-18(12-15)24-11-10-23-17/h4-9,12-14H,10-11H2,1-3H3,(H,21,22). The monoisotopic (exact) mass is 357 g/mol. The van der Waals surface area contributed by atoms with Crippen molar-refractivity contribution < 1.29 is 14.3 Å². The van der Waals surface area contributed by atoms with Crippen molar-refractivity contribution in [1.29, 1.82) is 0 Å². The maximum atomic E-state index is 12.7. The third-order valence-corrected chi connectivity index (χ3v) is 4.99. The van der Waals surface area contributed by atoms with Crippen LogP contribution in [0.2, 0.25) is 0 Å². The largest absolute Gasteiger partial charge is 0.486 e. The van der Waals surface area contributed by atoms with Crippen LogP contribution in [0.4, 0.5) is 0 Å². The van der Waals surface area contributed by atoms with Gasteiger partial charge < -0.3 is 14.8 Å². The average molecular weight is 357 g/mol. The number of carbonyl (C=O) groups excluding carboxylic acids is 1. The Hall–Kier alpha value is -2.14. The Morgan fingerprint density at radius 2 is 1.76 bits per heavy atom. The van der Waals surface area contributed by atoms with Crippen LogP contribution >= 0.6 is 11.8 Å². The normalized spacial score (nSPS) is 14.2. The maximum absolute atomic E-state index is 12.7. The lowest BCUT2D eigenvalue weighted by atomic mass is 10.1. The van der Waals surface area contributed by atoms with Gasteiger partial charge in [0.15, 0.2) is 11.5 Å². The highest BCUT2D eigenvalue weighted by molar-refractivity contribution is 8.00. The zero-order valence-electron chi connectivity index (χ0n) is 14.7. The fraction of sp³-hybridized carbons (Fsp3) is 0.350. The van der Waals surface area contributed by atoms with Gasteiger partial charge in [-0.25, -0.2) is 0 Å². The molecule has 0 bridgehead atoms. The molecular formula is C20H23NO3S. The fourth-order valence-electron chi connectivity index (χ4n) is 2.70. The van der Waals surface area contributed by atoms with Crippen LogP contribution in [0.25, 0.3) is 0 Å². The Bertz CT molecular complexity index is 760. The molecule has 2 aromatic carbocycles. The molecule has 4 nitrogen and oxygen atoms in total. The summed E-state index contributed by atoms with van der Waals surface area (Å²) < 4.78 is 11.2. The first-order chi connectivity index (χ1) is 12.0. The zero-order chi connectivity index (χ0) is 17.8. The average Bonchev–Trinajstić information content (AvgIpc) is 2.61. The predicted octanol–water partition coefficient (Wildman–Crippen LogP) is 4.45. The number of fused-ring (bicyclic) bond motifs is 1. The van der Waals surface area contributed by atoms with Crippen LogP contribution in [0.1, 0.15) is 42.7 Å². The summed E-state index contributed by atoms with van der Waals surface area (Å²) in [6, 6.07) is 13.4. The molecule has 25 heavy (non-hydrogen) atoms. The van der Waals surface area contributed by atoms with Crippen LogP contribution in [0, 0.1) is 0 Å². The molecule has 2 aromatic rings. The molecule has 1 unspecified atom stereocenters. The second-order valence-corrected chi connectivity index (χ2v) is 7.88. The van der Waals surface area contributed by atoms with Gasteiger partial charge in [0, 0.05) is 10.1 Å². The van der Waals surface area contributed by atoms with E-state index in [1.807, 2.05) is 49.4 Å². The number of hydrogen-bond acceptors (Lipinski definition) is 4. The summed E-state index contributed by atoms with van der Waals surface area (Å²) in [5.74, 6) is 1.43. The van der Waals surface area contributed by atoms with Gasteiger partial charge in [-0.05, 0) is 36.8 Å². The molecule has 132 valence electrons. The molecular weight excluding hydrogens is 334 g/mol. The molecule has 1 aliphatic rings. The van der Waals surface area contributed by atoms with Gasteiger partial charge in [0.05, 0.1) is 11.6 Å². The van der Waals surface area contributed by atoms with Crippen molar-refractivity contribution >= 4 is 17.7 Å². The summed E-state index contributed by atoms with van der Waals surface area (Å²) in [6.07, 6.45) is 0. The van der Waals surface area contributed by atoms with Gasteiger partial charge in [-0.2, -0.15) is 0 Å². The number of amides is 1. The summed E-state index contributed by atoms with van der Waals surface area (Å²) >= 11 is 1.70. The third-order valence-electron chi connectivity index (χ3n) is 3.91. The molecule has 1 heterocycles. The maximum Gasteiger partial charge on any atom is 0.252 e. The Morgan fingerprint density at radius 3 is 2.52 bits per heavy atom. The van der Waals surface area contributed by atoms with Crippen LogP contribution in [-0.2, 0) is 0 Å². The minimum absolute atomic E-state index is 0.0638. The highest BCUT2D eigenvalue weighted by atomic mass is 32.2. The molecule has 0 aliphatic carbocycles. The molecule has 0 aromatic heterocycles. The summed E-state index contributed by atoms with van der Waals surface area (Å²) in [6.45, 7) is 7.34. The van der Waals surface area contributed by atoms with E-state index in [-0.39, 0.29) is 11.9 Å². The van der Waals surface area contributed by atoms with E-state index in [0.29, 0.717) is 24.0 Å². The molecule has 0 radical (unpaired) electrons. The SMILES string of the molecule is CC(C)Sc1ccccc1C(=O)NC(C)c1ccc2c(c1)OCCO2. The summed E-state index contributed by atoms with van der Waals surface area (Å²) in [5.41, 5.74) is 1.71. The second kappa shape index (κ2) is 7.83. The molecule has 0 spiro atoms. The lowest BCUT2D eigenvalue weighted by molar-refractivity contribution is 0.0936. The molecule has 5 heteroatoms. The number of thioether (sulfide) groups is 1. The van der Waals surface area contributed by atoms with Gasteiger partial charge in [-0.3, -0.25) is 4.79 Å². The van der Waals surface area contributed by atoms with Gasteiger partial charge in [0.1, 0.15) is 13.2 Å². The molecule has 0 fully saturated rings. The van der Waals surface area contributed by atoms with Crippen molar-refractivity contribution in [2.45, 2.75) is 37.0 Å². The van der Waals surface area contributed by atoms with E-state index in [4.69, 9.17) is 9.47 Å². The zero-order valence-corrected chi connectivity index (χ0v) is 15.6. The summed E-state index contributed by atoms with van der Waals surface area (Å²) in [7, 11) is 0. The molecule has 1 amide bonds. The number of nitrogens with one attached hydrogen (secondary N) is 1. The molecule has 0 saturated heterocycles. The number of ether oxygens (including phenoxy) is 2. The van der Waals surface area contributed by atoms with Crippen LogP contribution in [-0.4, -0.2) is 24.4 Å². The first-order valence-electron chi connectivity index (χ1n) is 8.50. The smallest absolute Gasteiger partial charge is 0.252 e. The van der Waals surface area contributed by atoms with E-state index < -0.39 is 0 Å². The van der Waals surface area contributed by atoms with Crippen LogP contribution in [0.15, 0.2) is 47.4 Å². The lowest BCUT2D eigenvalue weighted by Crippen LogP contribution is -2.27. The minimum atomic E-state index is -0.125. The highest BCUT2D eigenvalue weighted by Gasteiger charge is 2.18. The van der Waals surface area contributed by atoms with Gasteiger partial charge >= 0.3 is 0 Å². The van der Waals surface area contributed by atoms with E-state index in [9.17, 15) is 4.79 Å². The Labute approximate surface area is 152 Å². The first-order valence-corrected chi connectivity index (χ1v) is 9.38. The van der Waals surface area contributed by atoms with Crippen molar-refractivity contribution in [3.8, 4) is 11.5 Å². The van der Waals surface area contributed by atoms with Crippen LogP contribution in [0.5, 0.6) is 11.5 Å². The van der Waals surface area contributed by atoms with E-state index in [0.717, 1.165) is 22.0 Å². The van der Waals surface area contributed by atoms with Crippen molar-refractivity contribution in [3.05, 3.63) is 53.6 Å². The minimum Gasteiger partial charge on any atom is -0.486 e. The second-order valence-electron chi connectivity index (χ2n) is 6.26. The third kappa shape index (κ3) is 4.28. The molecule has 0 saturated carbocycles. The van der Waals surface area contributed by atoms with E-state index >= 15 is 0 Å². The lowest BCUT2D eigenvalue weighted by Gasteiger charge is -2.21. The molecule has 1 atom stereocenters. The van der Waals surface area contributed by atoms with Crippen molar-refractivity contribution in [1.82, 2.24) is 5.32 Å². The van der Waals surface area contributed by atoms with Gasteiger partial charge in [0.2, 0.25) is 0 Å². The number of carbonyl (C=O) groups is 1. The van der Waals surface area contributed by atoms with Crippen molar-refractivity contribution in [2.75, 3.05) is 13.2 Å². The van der Waals surface area contributed by atoms with E-state index in [1.54, 1.807) is 11.8 Å². The quantitative estimate of drug-likeness (QED) is 0.803. The fourth-order valence-corrected chi connectivity index (χ4v) is 3.65. The van der Waals surface area contributed by atoms with Gasteiger partial charge in [0.25, 0.3) is 5.91 Å². The van der Waals surface area contributed by atoms with E-state index in [1.165, 1.54) is 0 Å². The van der Waals surface area contributed by atoms with Crippen LogP contribution < -0.4 is 14.8 Å². The molecule has 1 aliphatic heterocycles. The van der Waals surface area contributed by atoms with Gasteiger partial charge in [-0.1, -0.05) is 32.0 Å². The number of rotatable bonds is 5. The number of hydrogen-bond donors (Lipinski definition) is 1. The van der Waals surface area contributed by atoms with Crippen LogP contribution in [0.3, 0.4) is 0 Å². The van der Waals surface area contributed by atoms with Gasteiger partial charge in [-0.15, -0.1) is 11.8 Å². The Balaban J connectivity index is 1.75. The number of benzene rings is 2. The molecule has 1 N–H and O–H groups in total. The van der Waals surface area contributed by atoms with Crippen molar-refractivity contribution in [2.24, 2.45) is 0 Å². The summed E-state index contributed by atoms with van der Waals surface area (Å²) in [4.78, 5) is 13.7. The highest BCUT2D eigenvalue weighted by Crippen LogP contribution is 2.33. The Kier molecular flexibility index (Phi) is 5.53. The topological polar surface area (TPSA) is 47.6 Å². The first kappa shape index (κ1) is 17.7. The summed E-state index contributed by atoms with van der Waals surface area (Å²) in [5, 5.41) is 3.50. The Morgan fingerprint density at radius 1 is 1.04 bits per heavy atom.